The molecule has 0 aromatic heterocycles. The Bertz CT molecular complexity index is 1600. The van der Waals surface area contributed by atoms with Crippen LogP contribution in [0.4, 0.5) is 15.3 Å². The zero-order valence-electron chi connectivity index (χ0n) is 32.4. The Morgan fingerprint density at radius 1 is 0.800 bits per heavy atom. The minimum Gasteiger partial charge on any atom is -0.444 e. The van der Waals surface area contributed by atoms with E-state index in [4.69, 9.17) is 30.4 Å². The van der Waals surface area contributed by atoms with Crippen molar-refractivity contribution >= 4 is 35.5 Å². The standard InChI is InChI=1S/C39H57N7O9/c1-38(2,3)55-37(51)43-21-19-25-13-16-26(17-14-25)44-34(48)27(12-9-20-42-36(41)50)46-35(49)28(18-15-24-10-7-6-8-11-24)45-31(47)22-29-32-33(30(23-40)52-29)54-39(4,5)53-32/h6-8,10-11,13-14,16-17,27-30,32-33H,9,12,15,18-23,40H2,1-5H3,(H,43,51)(H,44,48)(H,45,47)(H,46,49)(H3,41,42,50)/t27?,28-,29+,30-,32?,33?/m1/s1. The molecule has 2 saturated heterocycles. The number of benzene rings is 2. The number of rotatable bonds is 18. The van der Waals surface area contributed by atoms with E-state index >= 15 is 0 Å². The number of anilines is 1. The van der Waals surface area contributed by atoms with Crippen LogP contribution >= 0.6 is 0 Å². The number of carbonyl (C=O) groups excluding carboxylic acids is 5. The van der Waals surface area contributed by atoms with Gasteiger partial charge in [-0.3, -0.25) is 14.4 Å². The summed E-state index contributed by atoms with van der Waals surface area (Å²) in [6.07, 6.45) is -0.847. The van der Waals surface area contributed by atoms with Crippen molar-refractivity contribution in [2.75, 3.05) is 25.0 Å². The number of carbonyl (C=O) groups is 5. The Balaban J connectivity index is 1.42. The van der Waals surface area contributed by atoms with Crippen molar-refractivity contribution in [3.63, 3.8) is 0 Å². The summed E-state index contributed by atoms with van der Waals surface area (Å²) in [6, 6.07) is 13.9. The van der Waals surface area contributed by atoms with Gasteiger partial charge in [0.15, 0.2) is 5.79 Å². The van der Waals surface area contributed by atoms with Gasteiger partial charge in [0.25, 0.3) is 0 Å². The minimum absolute atomic E-state index is 0.0953. The Labute approximate surface area is 322 Å². The summed E-state index contributed by atoms with van der Waals surface area (Å²) in [5.41, 5.74) is 12.9. The molecule has 6 amide bonds. The summed E-state index contributed by atoms with van der Waals surface area (Å²) in [4.78, 5) is 64.4. The number of aryl methyl sites for hydroxylation is 1. The maximum atomic E-state index is 14.0. The van der Waals surface area contributed by atoms with Crippen molar-refractivity contribution in [2.45, 2.75) is 121 Å². The molecular formula is C39H57N7O9. The van der Waals surface area contributed by atoms with Gasteiger partial charge >= 0.3 is 12.1 Å². The smallest absolute Gasteiger partial charge is 0.407 e. The lowest BCUT2D eigenvalue weighted by atomic mass is 10.0. The Morgan fingerprint density at radius 2 is 1.44 bits per heavy atom. The second kappa shape index (κ2) is 19.7. The number of hydrogen-bond acceptors (Lipinski definition) is 10. The van der Waals surface area contributed by atoms with Crippen LogP contribution < -0.4 is 38.1 Å². The predicted octanol–water partition coefficient (Wildman–Crippen LogP) is 2.38. The Hall–Kier alpha value is -4.77. The Morgan fingerprint density at radius 3 is 2.07 bits per heavy atom. The monoisotopic (exact) mass is 767 g/mol. The van der Waals surface area contributed by atoms with Crippen LogP contribution in [0.2, 0.25) is 0 Å². The summed E-state index contributed by atoms with van der Waals surface area (Å²) in [5.74, 6) is -2.33. The first-order chi connectivity index (χ1) is 26.0. The number of alkyl carbamates (subject to hydrolysis) is 1. The van der Waals surface area contributed by atoms with E-state index in [0.29, 0.717) is 31.5 Å². The highest BCUT2D eigenvalue weighted by molar-refractivity contribution is 5.98. The van der Waals surface area contributed by atoms with E-state index < -0.39 is 77.7 Å². The summed E-state index contributed by atoms with van der Waals surface area (Å²) in [6.45, 7) is 9.69. The van der Waals surface area contributed by atoms with Gasteiger partial charge in [-0.1, -0.05) is 42.5 Å². The number of fused-ring (bicyclic) bond motifs is 1. The van der Waals surface area contributed by atoms with Crippen LogP contribution in [0.1, 0.15) is 71.4 Å². The summed E-state index contributed by atoms with van der Waals surface area (Å²) >= 11 is 0. The van der Waals surface area contributed by atoms with Gasteiger partial charge in [-0.25, -0.2) is 9.59 Å². The molecule has 4 rings (SSSR count). The average Bonchev–Trinajstić information content (AvgIpc) is 3.60. The number of primary amides is 1. The van der Waals surface area contributed by atoms with Crippen molar-refractivity contribution < 1.29 is 42.9 Å². The SMILES string of the molecule is CC(C)(C)OC(=O)NCCc1ccc(NC(=O)C(CCCNC(N)=O)NC(=O)[C@@H](CCc2ccccc2)NC(=O)C[C@@H]2O[C@H](CN)C3OC(C)(C)OC32)cc1. The van der Waals surface area contributed by atoms with Crippen LogP contribution in [0.3, 0.4) is 0 Å². The van der Waals surface area contributed by atoms with Crippen molar-refractivity contribution in [3.8, 4) is 0 Å². The van der Waals surface area contributed by atoms with Crippen LogP contribution in [0.25, 0.3) is 0 Å². The molecule has 2 heterocycles. The summed E-state index contributed by atoms with van der Waals surface area (Å²) in [7, 11) is 0. The van der Waals surface area contributed by atoms with Crippen LogP contribution in [-0.4, -0.2) is 97.4 Å². The van der Waals surface area contributed by atoms with E-state index in [1.54, 1.807) is 46.8 Å². The Kier molecular flexibility index (Phi) is 15.4. The molecule has 2 fully saturated rings. The molecule has 0 radical (unpaired) electrons. The molecule has 0 saturated carbocycles. The largest absolute Gasteiger partial charge is 0.444 e. The molecule has 2 aromatic carbocycles. The first kappa shape index (κ1) is 43.0. The highest BCUT2D eigenvalue weighted by Crippen LogP contribution is 2.39. The van der Waals surface area contributed by atoms with Crippen molar-refractivity contribution in [1.29, 1.82) is 0 Å². The third-order valence-corrected chi connectivity index (χ3v) is 8.99. The highest BCUT2D eigenvalue weighted by atomic mass is 16.8. The van der Waals surface area contributed by atoms with Crippen LogP contribution in [0, 0.1) is 0 Å². The first-order valence-electron chi connectivity index (χ1n) is 18.8. The van der Waals surface area contributed by atoms with Gasteiger partial charge in [-0.2, -0.15) is 0 Å². The lowest BCUT2D eigenvalue weighted by Gasteiger charge is -2.25. The van der Waals surface area contributed by atoms with Crippen molar-refractivity contribution in [3.05, 3.63) is 65.7 Å². The fourth-order valence-corrected chi connectivity index (χ4v) is 6.45. The maximum absolute atomic E-state index is 14.0. The molecule has 0 aliphatic carbocycles. The van der Waals surface area contributed by atoms with Gasteiger partial charge < -0.3 is 57.0 Å². The zero-order chi connectivity index (χ0) is 40.2. The molecule has 2 aromatic rings. The lowest BCUT2D eigenvalue weighted by molar-refractivity contribution is -0.187. The zero-order valence-corrected chi connectivity index (χ0v) is 32.4. The van der Waals surface area contributed by atoms with Gasteiger partial charge in [-0.05, 0) is 90.0 Å². The molecule has 55 heavy (non-hydrogen) atoms. The number of urea groups is 1. The number of hydrogen-bond donors (Lipinski definition) is 7. The molecule has 0 spiro atoms. The van der Waals surface area contributed by atoms with E-state index in [-0.39, 0.29) is 32.4 Å². The molecule has 16 heteroatoms. The summed E-state index contributed by atoms with van der Waals surface area (Å²) in [5, 5.41) is 13.8. The van der Waals surface area contributed by atoms with Crippen molar-refractivity contribution in [1.82, 2.24) is 21.3 Å². The number of ether oxygens (including phenoxy) is 4. The summed E-state index contributed by atoms with van der Waals surface area (Å²) < 4.78 is 23.3. The van der Waals surface area contributed by atoms with E-state index in [2.05, 4.69) is 26.6 Å². The molecule has 302 valence electrons. The predicted molar refractivity (Wildman–Crippen MR) is 205 cm³/mol. The maximum Gasteiger partial charge on any atom is 0.407 e. The molecular weight excluding hydrogens is 710 g/mol. The second-order valence-corrected chi connectivity index (χ2v) is 15.2. The lowest BCUT2D eigenvalue weighted by Crippen LogP contribution is -2.53. The van der Waals surface area contributed by atoms with Crippen LogP contribution in [0.5, 0.6) is 0 Å². The van der Waals surface area contributed by atoms with Gasteiger partial charge in [-0.15, -0.1) is 0 Å². The number of amides is 6. The molecule has 16 nitrogen and oxygen atoms in total. The van der Waals surface area contributed by atoms with Gasteiger partial charge in [0.1, 0.15) is 29.9 Å². The van der Waals surface area contributed by atoms with E-state index in [1.807, 2.05) is 42.5 Å². The molecule has 9 N–H and O–H groups in total. The van der Waals surface area contributed by atoms with E-state index in [1.165, 1.54) is 0 Å². The topological polar surface area (TPSA) is 234 Å². The normalized spacial score (nSPS) is 21.1. The molecule has 6 atom stereocenters. The van der Waals surface area contributed by atoms with Gasteiger partial charge in [0, 0.05) is 25.3 Å². The average molecular weight is 768 g/mol. The van der Waals surface area contributed by atoms with Gasteiger partial charge in [0.05, 0.1) is 18.6 Å². The molecule has 3 unspecified atom stereocenters. The fourth-order valence-electron chi connectivity index (χ4n) is 6.45. The second-order valence-electron chi connectivity index (χ2n) is 15.2. The molecule has 2 aliphatic heterocycles. The molecule has 2 aliphatic rings. The first-order valence-corrected chi connectivity index (χ1v) is 18.8. The molecule has 0 bridgehead atoms. The third-order valence-electron chi connectivity index (χ3n) is 8.99. The highest BCUT2D eigenvalue weighted by Gasteiger charge is 2.55. The number of nitrogens with one attached hydrogen (secondary N) is 5. The van der Waals surface area contributed by atoms with E-state index in [0.717, 1.165) is 11.1 Å². The van der Waals surface area contributed by atoms with E-state index in [9.17, 15) is 24.0 Å². The van der Waals surface area contributed by atoms with Gasteiger partial charge in [0.2, 0.25) is 17.7 Å². The quantitative estimate of drug-likeness (QED) is 0.109. The van der Waals surface area contributed by atoms with Crippen LogP contribution in [-0.2, 0) is 46.2 Å². The third kappa shape index (κ3) is 14.1. The van der Waals surface area contributed by atoms with Crippen LogP contribution in [0.15, 0.2) is 54.6 Å². The fraction of sp³-hybridized carbons (Fsp3) is 0.564. The minimum atomic E-state index is -1.02. The number of nitrogens with two attached hydrogens (primary N) is 2. The van der Waals surface area contributed by atoms with Crippen molar-refractivity contribution in [2.24, 2.45) is 11.5 Å².